The van der Waals surface area contributed by atoms with Gasteiger partial charge in [0.25, 0.3) is 0 Å². The first-order valence-electron chi connectivity index (χ1n) is 29.5. The number of thiophene rings is 2. The number of furan rings is 1. The summed E-state index contributed by atoms with van der Waals surface area (Å²) in [7, 11) is 0. The number of para-hydroxylation sites is 2. The summed E-state index contributed by atoms with van der Waals surface area (Å²) < 4.78 is 12.1. The van der Waals surface area contributed by atoms with E-state index in [4.69, 9.17) is 4.42 Å². The smallest absolute Gasteiger partial charge is 0.136 e. The highest BCUT2D eigenvalue weighted by Gasteiger charge is 2.25. The molecule has 0 radical (unpaired) electrons. The normalized spacial score (nSPS) is 11.7. The van der Waals surface area contributed by atoms with Crippen LogP contribution in [0.4, 0.5) is 34.1 Å². The van der Waals surface area contributed by atoms with Gasteiger partial charge in [-0.25, -0.2) is 0 Å². The van der Waals surface area contributed by atoms with Gasteiger partial charge in [-0.1, -0.05) is 200 Å². The average molecular weight is 1150 g/mol. The van der Waals surface area contributed by atoms with Crippen molar-refractivity contribution in [1.29, 1.82) is 0 Å². The Hall–Kier alpha value is -10.8. The van der Waals surface area contributed by atoms with Crippen LogP contribution >= 0.6 is 22.7 Å². The van der Waals surface area contributed by atoms with Crippen molar-refractivity contribution in [1.82, 2.24) is 0 Å². The number of hydrogen-bond donors (Lipinski definition) is 0. The maximum atomic E-state index is 6.94. The van der Waals surface area contributed by atoms with E-state index in [0.717, 1.165) is 89.1 Å². The predicted molar refractivity (Wildman–Crippen MR) is 374 cm³/mol. The average Bonchev–Trinajstić information content (AvgIpc) is 1.93. The lowest BCUT2D eigenvalue weighted by atomic mass is 9.92. The van der Waals surface area contributed by atoms with Gasteiger partial charge in [-0.2, -0.15) is 0 Å². The molecule has 0 N–H and O–H groups in total. The molecule has 0 aliphatic rings. The summed E-state index contributed by atoms with van der Waals surface area (Å²) in [6, 6.07) is 115. The molecule has 14 aromatic carbocycles. The molecule has 0 fully saturated rings. The Bertz CT molecular complexity index is 5460. The van der Waals surface area contributed by atoms with Crippen molar-refractivity contribution in [2.45, 2.75) is 0 Å². The summed E-state index contributed by atoms with van der Waals surface area (Å²) in [5.41, 5.74) is 19.7. The Labute approximate surface area is 511 Å². The van der Waals surface area contributed by atoms with E-state index in [1.165, 1.54) is 73.7 Å². The quantitative estimate of drug-likeness (QED) is 0.129. The Kier molecular flexibility index (Phi) is 12.3. The molecule has 17 aromatic rings. The van der Waals surface area contributed by atoms with Crippen molar-refractivity contribution >= 4 is 130 Å². The molecule has 0 saturated carbocycles. The molecule has 0 aliphatic heterocycles. The van der Waals surface area contributed by atoms with Gasteiger partial charge in [0, 0.05) is 84.8 Å². The molecular weight excluding hydrogens is 1090 g/mol. The summed E-state index contributed by atoms with van der Waals surface area (Å²) in [4.78, 5) is 4.88. The standard InChI is InChI=1S/C82H52N2OS2/c1-5-20-54(21-6-1)64-43-42-63(52-69(64)55-22-7-2-8-23-55)84(61-27-11-4-12-28-61)73-51-59(48-57-24-13-14-29-65(57)73)66-32-19-33-75-81(66)71-50-58(38-45-74(71)85-75)80-72(44-47-79-82(80)68-31-16-18-35-77(68)87-79)83(60-25-9-3-10-26-60)62-40-36-53(37-41-62)56-39-46-78-70(49-56)67-30-15-17-34-76(67)86-78/h1-52H. The van der Waals surface area contributed by atoms with Gasteiger partial charge in [-0.3, -0.25) is 0 Å². The van der Waals surface area contributed by atoms with Crippen LogP contribution in [0.3, 0.4) is 0 Å². The van der Waals surface area contributed by atoms with E-state index in [1.54, 1.807) is 0 Å². The molecule has 87 heavy (non-hydrogen) atoms. The molecule has 0 aliphatic carbocycles. The number of rotatable bonds is 11. The number of nitrogens with zero attached hydrogens (tertiary/aromatic N) is 2. The van der Waals surface area contributed by atoms with Crippen molar-refractivity contribution in [2.75, 3.05) is 9.80 Å². The van der Waals surface area contributed by atoms with Gasteiger partial charge in [0.1, 0.15) is 11.2 Å². The van der Waals surface area contributed by atoms with Crippen LogP contribution in [0.1, 0.15) is 0 Å². The van der Waals surface area contributed by atoms with E-state index in [-0.39, 0.29) is 0 Å². The van der Waals surface area contributed by atoms with Crippen molar-refractivity contribution in [3.8, 4) is 55.6 Å². The molecule has 0 saturated heterocycles. The van der Waals surface area contributed by atoms with Gasteiger partial charge >= 0.3 is 0 Å². The van der Waals surface area contributed by atoms with Gasteiger partial charge in [-0.15, -0.1) is 22.7 Å². The third-order valence-electron chi connectivity index (χ3n) is 17.2. The highest BCUT2D eigenvalue weighted by molar-refractivity contribution is 7.26. The van der Waals surface area contributed by atoms with E-state index in [1.807, 2.05) is 22.7 Å². The van der Waals surface area contributed by atoms with Crippen LogP contribution in [0.25, 0.3) is 129 Å². The van der Waals surface area contributed by atoms with Crippen LogP contribution in [-0.2, 0) is 0 Å². The maximum Gasteiger partial charge on any atom is 0.136 e. The zero-order valence-corrected chi connectivity index (χ0v) is 48.8. The second-order valence-electron chi connectivity index (χ2n) is 22.3. The molecule has 17 rings (SSSR count). The number of fused-ring (bicyclic) bond motifs is 10. The van der Waals surface area contributed by atoms with Gasteiger partial charge < -0.3 is 14.2 Å². The first kappa shape index (κ1) is 50.7. The zero-order valence-electron chi connectivity index (χ0n) is 47.1. The number of benzene rings is 14. The molecule has 0 spiro atoms. The molecule has 0 unspecified atom stereocenters. The second-order valence-corrected chi connectivity index (χ2v) is 24.5. The third-order valence-corrected chi connectivity index (χ3v) is 19.5. The Balaban J connectivity index is 0.848. The topological polar surface area (TPSA) is 19.6 Å². The maximum absolute atomic E-state index is 6.94. The van der Waals surface area contributed by atoms with Crippen LogP contribution in [-0.4, -0.2) is 0 Å². The van der Waals surface area contributed by atoms with Crippen molar-refractivity contribution < 1.29 is 4.42 Å². The highest BCUT2D eigenvalue weighted by Crippen LogP contribution is 2.51. The van der Waals surface area contributed by atoms with Gasteiger partial charge in [-0.05, 0) is 171 Å². The highest BCUT2D eigenvalue weighted by atomic mass is 32.1. The van der Waals surface area contributed by atoms with Gasteiger partial charge in [0.15, 0.2) is 0 Å². The lowest BCUT2D eigenvalue weighted by molar-refractivity contribution is 0.669. The molecular formula is C82H52N2OS2. The lowest BCUT2D eigenvalue weighted by Crippen LogP contribution is -2.11. The lowest BCUT2D eigenvalue weighted by Gasteiger charge is -2.29. The molecule has 408 valence electrons. The largest absolute Gasteiger partial charge is 0.456 e. The van der Waals surface area contributed by atoms with Crippen LogP contribution < -0.4 is 9.80 Å². The van der Waals surface area contributed by atoms with Crippen LogP contribution in [0, 0.1) is 0 Å². The van der Waals surface area contributed by atoms with Crippen LogP contribution in [0.2, 0.25) is 0 Å². The SMILES string of the molecule is c1ccc(-c2ccc(N(c3ccccc3)c3cc(-c4cccc5oc6ccc(-c7c(N(c8ccccc8)c8ccc(-c9ccc%10sc%11ccccc%11c%10c9)cc8)ccc8sc9ccccc9c78)cc6c45)cc4ccccc34)cc2-c2ccccc2)cc1. The summed E-state index contributed by atoms with van der Waals surface area (Å²) >= 11 is 3.71. The predicted octanol–water partition coefficient (Wildman–Crippen LogP) is 24.7. The molecule has 0 bridgehead atoms. The number of anilines is 6. The monoisotopic (exact) mass is 1140 g/mol. The molecule has 3 aromatic heterocycles. The fourth-order valence-electron chi connectivity index (χ4n) is 13.3. The fraction of sp³-hybridized carbons (Fsp3) is 0. The van der Waals surface area contributed by atoms with Crippen molar-refractivity contribution in [3.05, 3.63) is 315 Å². The fourth-order valence-corrected chi connectivity index (χ4v) is 15.5. The summed E-state index contributed by atoms with van der Waals surface area (Å²) in [6.45, 7) is 0. The minimum Gasteiger partial charge on any atom is -0.456 e. The molecule has 5 heteroatoms. The van der Waals surface area contributed by atoms with E-state index >= 15 is 0 Å². The second kappa shape index (κ2) is 21.1. The molecule has 0 amide bonds. The summed E-state index contributed by atoms with van der Waals surface area (Å²) in [6.07, 6.45) is 0. The minimum absolute atomic E-state index is 0.841. The molecule has 3 heterocycles. The molecule has 0 atom stereocenters. The third kappa shape index (κ3) is 8.78. The van der Waals surface area contributed by atoms with Crippen molar-refractivity contribution in [2.24, 2.45) is 0 Å². The van der Waals surface area contributed by atoms with E-state index in [9.17, 15) is 0 Å². The van der Waals surface area contributed by atoms with Crippen LogP contribution in [0.5, 0.6) is 0 Å². The van der Waals surface area contributed by atoms with E-state index in [2.05, 4.69) is 325 Å². The summed E-state index contributed by atoms with van der Waals surface area (Å²) in [5, 5.41) is 9.52. The van der Waals surface area contributed by atoms with Gasteiger partial charge in [0.05, 0.1) is 11.4 Å². The minimum atomic E-state index is 0.841. The Morgan fingerprint density at radius 2 is 0.793 bits per heavy atom. The van der Waals surface area contributed by atoms with E-state index < -0.39 is 0 Å². The molecule has 3 nitrogen and oxygen atoms in total. The first-order valence-corrected chi connectivity index (χ1v) is 31.2. The Morgan fingerprint density at radius 3 is 1.54 bits per heavy atom. The van der Waals surface area contributed by atoms with Gasteiger partial charge in [0.2, 0.25) is 0 Å². The Morgan fingerprint density at radius 1 is 0.241 bits per heavy atom. The van der Waals surface area contributed by atoms with Crippen LogP contribution in [0.15, 0.2) is 320 Å². The first-order chi connectivity index (χ1) is 43.1. The summed E-state index contributed by atoms with van der Waals surface area (Å²) in [5.74, 6) is 0. The van der Waals surface area contributed by atoms with Crippen molar-refractivity contribution in [3.63, 3.8) is 0 Å². The van der Waals surface area contributed by atoms with E-state index in [0.29, 0.717) is 0 Å². The number of hydrogen-bond acceptors (Lipinski definition) is 5. The zero-order chi connectivity index (χ0) is 57.4.